The summed E-state index contributed by atoms with van der Waals surface area (Å²) in [5.41, 5.74) is 3.13. The maximum Gasteiger partial charge on any atom is 0.338 e. The first kappa shape index (κ1) is 22.8. The van der Waals surface area contributed by atoms with E-state index in [0.717, 1.165) is 11.1 Å². The van der Waals surface area contributed by atoms with Crippen LogP contribution in [0.1, 0.15) is 34.1 Å². The van der Waals surface area contributed by atoms with E-state index in [-0.39, 0.29) is 28.7 Å². The van der Waals surface area contributed by atoms with Crippen LogP contribution >= 0.6 is 0 Å². The number of pyridine rings is 1. The summed E-state index contributed by atoms with van der Waals surface area (Å²) < 4.78 is 35.1. The normalized spacial score (nSPS) is 15.3. The summed E-state index contributed by atoms with van der Waals surface area (Å²) in [6, 6.07) is 17.8. The molecule has 9 heteroatoms. The molecule has 4 aromatic rings. The van der Waals surface area contributed by atoms with Crippen LogP contribution in [-0.4, -0.2) is 29.8 Å². The first-order valence-corrected chi connectivity index (χ1v) is 12.6. The fraction of sp³-hybridized carbons (Fsp3) is 0.192. The van der Waals surface area contributed by atoms with Gasteiger partial charge in [0.2, 0.25) is 0 Å². The van der Waals surface area contributed by atoms with Gasteiger partial charge >= 0.3 is 5.97 Å². The van der Waals surface area contributed by atoms with Crippen LogP contribution in [0.25, 0.3) is 5.65 Å². The molecule has 0 N–H and O–H groups in total. The molecule has 178 valence electrons. The smallest absolute Gasteiger partial charge is 0.338 e. The fourth-order valence-corrected chi connectivity index (χ4v) is 6.09. The van der Waals surface area contributed by atoms with E-state index in [1.165, 1.54) is 39.0 Å². The van der Waals surface area contributed by atoms with Gasteiger partial charge in [0.15, 0.2) is 0 Å². The van der Waals surface area contributed by atoms with Crippen molar-refractivity contribution in [3.63, 3.8) is 0 Å². The van der Waals surface area contributed by atoms with E-state index in [0.29, 0.717) is 23.4 Å². The zero-order valence-corrected chi connectivity index (χ0v) is 20.0. The lowest BCUT2D eigenvalue weighted by Gasteiger charge is -2.24. The lowest BCUT2D eigenvalue weighted by molar-refractivity contribution is 0.0467. The van der Waals surface area contributed by atoms with Crippen LogP contribution in [0.3, 0.4) is 0 Å². The molecular formula is C26H23N3O5S. The summed E-state index contributed by atoms with van der Waals surface area (Å²) >= 11 is 0. The van der Waals surface area contributed by atoms with Crippen molar-refractivity contribution in [1.82, 2.24) is 9.38 Å². The Balaban J connectivity index is 1.38. The maximum absolute atomic E-state index is 13.5. The van der Waals surface area contributed by atoms with Crippen molar-refractivity contribution in [2.75, 3.05) is 4.31 Å². The Kier molecular flexibility index (Phi) is 5.64. The minimum atomic E-state index is -3.89. The molecule has 1 unspecified atom stereocenters. The summed E-state index contributed by atoms with van der Waals surface area (Å²) in [6.07, 6.45) is 2.26. The van der Waals surface area contributed by atoms with Gasteiger partial charge in [-0.1, -0.05) is 24.3 Å². The van der Waals surface area contributed by atoms with Crippen LogP contribution in [0.15, 0.2) is 82.6 Å². The third kappa shape index (κ3) is 4.19. The van der Waals surface area contributed by atoms with Gasteiger partial charge in [0.25, 0.3) is 15.6 Å². The molecule has 0 aliphatic carbocycles. The van der Waals surface area contributed by atoms with E-state index < -0.39 is 16.0 Å². The Labute approximate surface area is 202 Å². The van der Waals surface area contributed by atoms with Gasteiger partial charge < -0.3 is 4.74 Å². The van der Waals surface area contributed by atoms with E-state index in [1.807, 2.05) is 26.0 Å². The second-order valence-corrected chi connectivity index (χ2v) is 10.4. The van der Waals surface area contributed by atoms with Crippen molar-refractivity contribution in [3.05, 3.63) is 106 Å². The number of para-hydroxylation sites is 1. The summed E-state index contributed by atoms with van der Waals surface area (Å²) in [4.78, 5) is 29.5. The van der Waals surface area contributed by atoms with Crippen molar-refractivity contribution >= 4 is 27.3 Å². The maximum atomic E-state index is 13.5. The number of rotatable bonds is 5. The Morgan fingerprint density at radius 1 is 1.09 bits per heavy atom. The number of hydrogen-bond donors (Lipinski definition) is 0. The molecule has 1 atom stereocenters. The van der Waals surface area contributed by atoms with E-state index in [2.05, 4.69) is 4.98 Å². The molecule has 1 aliphatic rings. The van der Waals surface area contributed by atoms with Gasteiger partial charge in [-0.15, -0.1) is 0 Å². The minimum absolute atomic E-state index is 0.00746. The molecular weight excluding hydrogens is 466 g/mol. The average molecular weight is 490 g/mol. The van der Waals surface area contributed by atoms with Crippen molar-refractivity contribution in [1.29, 1.82) is 0 Å². The topological polar surface area (TPSA) is 98.0 Å². The van der Waals surface area contributed by atoms with Gasteiger partial charge in [-0.05, 0) is 67.8 Å². The third-order valence-corrected chi connectivity index (χ3v) is 7.92. The Morgan fingerprint density at radius 2 is 1.89 bits per heavy atom. The zero-order valence-electron chi connectivity index (χ0n) is 19.2. The first-order valence-electron chi connectivity index (χ1n) is 11.1. The summed E-state index contributed by atoms with van der Waals surface area (Å²) in [5.74, 6) is -0.705. The Hall–Kier alpha value is -3.98. The number of esters is 1. The molecule has 2 aromatic carbocycles. The molecule has 8 nitrogen and oxygen atoms in total. The standard InChI is InChI=1S/C26H23N3O5S/c1-17-10-11-28-24(12-17)27-21(15-25(28)30)16-34-26(31)20-7-5-8-22(14-20)35(32,33)29-18(2)13-19-6-3-4-9-23(19)29/h3-12,14-15,18H,13,16H2,1-2H3. The number of hydrogen-bond acceptors (Lipinski definition) is 6. The average Bonchev–Trinajstić information content (AvgIpc) is 3.18. The van der Waals surface area contributed by atoms with E-state index >= 15 is 0 Å². The highest BCUT2D eigenvalue weighted by Gasteiger charge is 2.36. The predicted molar refractivity (Wildman–Crippen MR) is 131 cm³/mol. The molecule has 2 aromatic heterocycles. The van der Waals surface area contributed by atoms with Crippen LogP contribution < -0.4 is 9.86 Å². The number of fused-ring (bicyclic) bond motifs is 2. The van der Waals surface area contributed by atoms with Crippen LogP contribution in [0.5, 0.6) is 0 Å². The predicted octanol–water partition coefficient (Wildman–Crippen LogP) is 3.50. The highest BCUT2D eigenvalue weighted by atomic mass is 32.2. The monoisotopic (exact) mass is 489 g/mol. The third-order valence-electron chi connectivity index (χ3n) is 6.00. The van der Waals surface area contributed by atoms with Crippen LogP contribution in [0.2, 0.25) is 0 Å². The van der Waals surface area contributed by atoms with Gasteiger partial charge in [0.05, 0.1) is 21.8 Å². The quantitative estimate of drug-likeness (QED) is 0.398. The number of aromatic nitrogens is 2. The van der Waals surface area contributed by atoms with Crippen molar-refractivity contribution in [2.45, 2.75) is 37.8 Å². The number of aryl methyl sites for hydroxylation is 1. The number of sulfonamides is 1. The number of carbonyl (C=O) groups is 1. The second-order valence-electron chi connectivity index (χ2n) is 8.60. The molecule has 3 heterocycles. The summed E-state index contributed by atoms with van der Waals surface area (Å²) in [6.45, 7) is 3.53. The van der Waals surface area contributed by atoms with Crippen molar-refractivity contribution < 1.29 is 17.9 Å². The molecule has 0 spiro atoms. The summed E-state index contributed by atoms with van der Waals surface area (Å²) in [5, 5.41) is 0. The van der Waals surface area contributed by atoms with E-state index in [9.17, 15) is 18.0 Å². The number of benzene rings is 2. The number of anilines is 1. The van der Waals surface area contributed by atoms with Gasteiger partial charge in [0, 0.05) is 18.3 Å². The zero-order chi connectivity index (χ0) is 24.7. The highest BCUT2D eigenvalue weighted by molar-refractivity contribution is 7.92. The molecule has 0 bridgehead atoms. The number of carbonyl (C=O) groups excluding carboxylic acids is 1. The fourth-order valence-electron chi connectivity index (χ4n) is 4.35. The Bertz CT molecular complexity index is 1630. The molecule has 0 saturated carbocycles. The summed E-state index contributed by atoms with van der Waals surface area (Å²) in [7, 11) is -3.89. The highest BCUT2D eigenvalue weighted by Crippen LogP contribution is 2.36. The van der Waals surface area contributed by atoms with Crippen LogP contribution in [0, 0.1) is 6.92 Å². The first-order chi connectivity index (χ1) is 16.7. The van der Waals surface area contributed by atoms with Crippen molar-refractivity contribution in [2.24, 2.45) is 0 Å². The number of nitrogens with zero attached hydrogens (tertiary/aromatic N) is 3. The molecule has 35 heavy (non-hydrogen) atoms. The molecule has 0 fully saturated rings. The molecule has 0 radical (unpaired) electrons. The lowest BCUT2D eigenvalue weighted by atomic mass is 10.1. The van der Waals surface area contributed by atoms with Crippen LogP contribution in [0.4, 0.5) is 5.69 Å². The lowest BCUT2D eigenvalue weighted by Crippen LogP contribution is -2.35. The molecule has 0 amide bonds. The van der Waals surface area contributed by atoms with E-state index in [4.69, 9.17) is 4.74 Å². The van der Waals surface area contributed by atoms with Crippen molar-refractivity contribution in [3.8, 4) is 0 Å². The SMILES string of the molecule is Cc1ccn2c(=O)cc(COC(=O)c3cccc(S(=O)(=O)N4c5ccccc5CC4C)c3)nc2c1. The van der Waals surface area contributed by atoms with Gasteiger partial charge in [-0.25, -0.2) is 18.2 Å². The molecule has 0 saturated heterocycles. The van der Waals surface area contributed by atoms with E-state index in [1.54, 1.807) is 30.5 Å². The number of ether oxygens (including phenoxy) is 1. The van der Waals surface area contributed by atoms with Gasteiger partial charge in [-0.2, -0.15) is 0 Å². The largest absolute Gasteiger partial charge is 0.456 e. The second kappa shape index (κ2) is 8.66. The van der Waals surface area contributed by atoms with Gasteiger partial charge in [-0.3, -0.25) is 13.5 Å². The van der Waals surface area contributed by atoms with Crippen LogP contribution in [-0.2, 0) is 27.8 Å². The minimum Gasteiger partial charge on any atom is -0.456 e. The molecule has 5 rings (SSSR count). The Morgan fingerprint density at radius 3 is 2.71 bits per heavy atom. The van der Waals surface area contributed by atoms with Gasteiger partial charge in [0.1, 0.15) is 12.3 Å². The molecule has 1 aliphatic heterocycles.